The van der Waals surface area contributed by atoms with E-state index in [9.17, 15) is 5.11 Å². The van der Waals surface area contributed by atoms with Crippen molar-refractivity contribution >= 4 is 0 Å². The summed E-state index contributed by atoms with van der Waals surface area (Å²) in [6.07, 6.45) is 10.4. The van der Waals surface area contributed by atoms with E-state index in [0.717, 1.165) is 44.7 Å². The molecule has 0 aliphatic carbocycles. The molecular formula is C22H42N4O. The van der Waals surface area contributed by atoms with Crippen LogP contribution in [0.25, 0.3) is 0 Å². The molecule has 0 bridgehead atoms. The number of benzene rings is 1. The second kappa shape index (κ2) is 17.0. The highest BCUT2D eigenvalue weighted by atomic mass is 16.3. The van der Waals surface area contributed by atoms with Gasteiger partial charge in [-0.25, -0.2) is 0 Å². The van der Waals surface area contributed by atoms with Gasteiger partial charge in [0.15, 0.2) is 0 Å². The van der Waals surface area contributed by atoms with E-state index in [1.165, 1.54) is 50.5 Å². The smallest absolute Gasteiger partial charge is 0.120 e. The first kappa shape index (κ1) is 23.9. The topological polar surface area (TPSA) is 82.3 Å². The molecule has 5 nitrogen and oxygen atoms in total. The van der Waals surface area contributed by atoms with Crippen molar-refractivity contribution in [1.29, 1.82) is 0 Å². The van der Waals surface area contributed by atoms with E-state index in [4.69, 9.17) is 5.73 Å². The van der Waals surface area contributed by atoms with Crippen molar-refractivity contribution in [1.82, 2.24) is 16.0 Å². The van der Waals surface area contributed by atoms with Gasteiger partial charge < -0.3 is 26.8 Å². The molecule has 1 aromatic carbocycles. The van der Waals surface area contributed by atoms with Crippen LogP contribution in [0.4, 0.5) is 0 Å². The number of nitrogens with one attached hydrogen (secondary N) is 3. The summed E-state index contributed by atoms with van der Waals surface area (Å²) in [4.78, 5) is 0. The lowest BCUT2D eigenvalue weighted by Gasteiger charge is -2.10. The molecule has 0 amide bonds. The first-order valence-corrected chi connectivity index (χ1v) is 10.9. The number of phenols is 1. The van der Waals surface area contributed by atoms with Gasteiger partial charge in [0.25, 0.3) is 0 Å². The molecule has 0 aromatic heterocycles. The summed E-state index contributed by atoms with van der Waals surface area (Å²) in [7, 11) is 0. The zero-order valence-electron chi connectivity index (χ0n) is 17.4. The molecule has 6 N–H and O–H groups in total. The van der Waals surface area contributed by atoms with Gasteiger partial charge in [0.2, 0.25) is 0 Å². The Kier molecular flexibility index (Phi) is 15.0. The third kappa shape index (κ3) is 12.8. The maximum absolute atomic E-state index is 10.1. The van der Waals surface area contributed by atoms with Crippen molar-refractivity contribution in [2.24, 2.45) is 5.73 Å². The van der Waals surface area contributed by atoms with Crippen molar-refractivity contribution in [3.63, 3.8) is 0 Å². The molecule has 0 saturated heterocycles. The van der Waals surface area contributed by atoms with Crippen LogP contribution in [-0.2, 0) is 13.0 Å². The van der Waals surface area contributed by atoms with Crippen LogP contribution in [0.1, 0.15) is 63.0 Å². The van der Waals surface area contributed by atoms with Crippen LogP contribution in [0.5, 0.6) is 5.75 Å². The average molecular weight is 379 g/mol. The highest BCUT2D eigenvalue weighted by Gasteiger charge is 2.03. The van der Waals surface area contributed by atoms with Crippen molar-refractivity contribution in [3.05, 3.63) is 29.3 Å². The van der Waals surface area contributed by atoms with Crippen LogP contribution in [0.2, 0.25) is 0 Å². The summed E-state index contributed by atoms with van der Waals surface area (Å²) >= 11 is 0. The average Bonchev–Trinajstić information content (AvgIpc) is 2.68. The third-order valence-electron chi connectivity index (χ3n) is 4.81. The van der Waals surface area contributed by atoms with Crippen molar-refractivity contribution in [3.8, 4) is 5.75 Å². The van der Waals surface area contributed by atoms with Crippen LogP contribution >= 0.6 is 0 Å². The Labute approximate surface area is 166 Å². The minimum absolute atomic E-state index is 0.393. The number of hydrogen-bond acceptors (Lipinski definition) is 5. The zero-order valence-corrected chi connectivity index (χ0v) is 17.4. The minimum Gasteiger partial charge on any atom is -0.508 e. The van der Waals surface area contributed by atoms with E-state index in [1.54, 1.807) is 0 Å². The standard InChI is InChI=1S/C22H42N4O/c1-2-3-4-5-6-7-8-9-20-10-11-22(27)21(18-20)19-26-17-16-25-15-14-24-13-12-23/h10-11,18,24-27H,2-9,12-17,19,23H2,1H3. The summed E-state index contributed by atoms with van der Waals surface area (Å²) in [5.41, 5.74) is 7.77. The van der Waals surface area contributed by atoms with Gasteiger partial charge in [0.05, 0.1) is 0 Å². The number of nitrogens with two attached hydrogens (primary N) is 1. The zero-order chi connectivity index (χ0) is 19.6. The summed E-state index contributed by atoms with van der Waals surface area (Å²) in [6.45, 7) is 8.22. The largest absolute Gasteiger partial charge is 0.508 e. The van der Waals surface area contributed by atoms with Crippen LogP contribution in [0, 0.1) is 0 Å². The molecule has 0 unspecified atom stereocenters. The summed E-state index contributed by atoms with van der Waals surface area (Å²) in [5, 5.41) is 20.1. The number of rotatable bonds is 18. The molecular weight excluding hydrogens is 336 g/mol. The van der Waals surface area contributed by atoms with E-state index in [1.807, 2.05) is 6.07 Å². The molecule has 0 aliphatic rings. The second-order valence-electron chi connectivity index (χ2n) is 7.30. The van der Waals surface area contributed by atoms with Crippen molar-refractivity contribution in [2.45, 2.75) is 64.8 Å². The fourth-order valence-electron chi connectivity index (χ4n) is 3.15. The van der Waals surface area contributed by atoms with Crippen molar-refractivity contribution in [2.75, 3.05) is 39.3 Å². The van der Waals surface area contributed by atoms with Gasteiger partial charge >= 0.3 is 0 Å². The van der Waals surface area contributed by atoms with E-state index in [2.05, 4.69) is 35.0 Å². The van der Waals surface area contributed by atoms with Crippen molar-refractivity contribution < 1.29 is 5.11 Å². The van der Waals surface area contributed by atoms with Gasteiger partial charge in [-0.3, -0.25) is 0 Å². The maximum Gasteiger partial charge on any atom is 0.120 e. The normalized spacial score (nSPS) is 11.2. The molecule has 0 heterocycles. The van der Waals surface area contributed by atoms with E-state index < -0.39 is 0 Å². The first-order valence-electron chi connectivity index (χ1n) is 10.9. The van der Waals surface area contributed by atoms with Gasteiger partial charge in [0.1, 0.15) is 5.75 Å². The SMILES string of the molecule is CCCCCCCCCc1ccc(O)c(CNCCNCCNCCN)c1. The minimum atomic E-state index is 0.393. The molecule has 0 saturated carbocycles. The number of phenolic OH excluding ortho intramolecular Hbond substituents is 1. The van der Waals surface area contributed by atoms with Gasteiger partial charge in [0, 0.05) is 51.4 Å². The predicted molar refractivity (Wildman–Crippen MR) is 116 cm³/mol. The first-order chi connectivity index (χ1) is 13.3. The number of hydrogen-bond donors (Lipinski definition) is 5. The maximum atomic E-state index is 10.1. The van der Waals surface area contributed by atoms with Gasteiger partial charge in [-0.15, -0.1) is 0 Å². The summed E-state index contributed by atoms with van der Waals surface area (Å²) < 4.78 is 0. The Morgan fingerprint density at radius 3 is 2.15 bits per heavy atom. The molecule has 0 fully saturated rings. The fraction of sp³-hybridized carbons (Fsp3) is 0.727. The Balaban J connectivity index is 2.13. The number of aromatic hydroxyl groups is 1. The Morgan fingerprint density at radius 1 is 0.815 bits per heavy atom. The Hall–Kier alpha value is -1.14. The number of unbranched alkanes of at least 4 members (excludes halogenated alkanes) is 6. The highest BCUT2D eigenvalue weighted by Crippen LogP contribution is 2.20. The predicted octanol–water partition coefficient (Wildman–Crippen LogP) is 2.91. The van der Waals surface area contributed by atoms with Crippen LogP contribution in [0.3, 0.4) is 0 Å². The van der Waals surface area contributed by atoms with E-state index in [-0.39, 0.29) is 0 Å². The van der Waals surface area contributed by atoms with E-state index in [0.29, 0.717) is 18.8 Å². The lowest BCUT2D eigenvalue weighted by molar-refractivity contribution is 0.463. The molecule has 0 radical (unpaired) electrons. The summed E-state index contributed by atoms with van der Waals surface area (Å²) in [6, 6.07) is 6.06. The van der Waals surface area contributed by atoms with Crippen LogP contribution in [-0.4, -0.2) is 44.4 Å². The molecule has 0 aliphatic heterocycles. The molecule has 1 rings (SSSR count). The van der Waals surface area contributed by atoms with Crippen LogP contribution < -0.4 is 21.7 Å². The molecule has 27 heavy (non-hydrogen) atoms. The molecule has 0 spiro atoms. The van der Waals surface area contributed by atoms with Crippen LogP contribution in [0.15, 0.2) is 18.2 Å². The Morgan fingerprint density at radius 2 is 1.44 bits per heavy atom. The van der Waals surface area contributed by atoms with Gasteiger partial charge in [-0.2, -0.15) is 0 Å². The molecule has 0 atom stereocenters. The van der Waals surface area contributed by atoms with E-state index >= 15 is 0 Å². The van der Waals surface area contributed by atoms with Gasteiger partial charge in [-0.05, 0) is 24.5 Å². The lowest BCUT2D eigenvalue weighted by Crippen LogP contribution is -2.34. The highest BCUT2D eigenvalue weighted by molar-refractivity contribution is 5.36. The third-order valence-corrected chi connectivity index (χ3v) is 4.81. The summed E-state index contributed by atoms with van der Waals surface area (Å²) in [5.74, 6) is 0.393. The Bertz CT molecular complexity index is 468. The van der Waals surface area contributed by atoms with Gasteiger partial charge in [-0.1, -0.05) is 57.6 Å². The molecule has 1 aromatic rings. The second-order valence-corrected chi connectivity index (χ2v) is 7.30. The quantitative estimate of drug-likeness (QED) is 0.254. The fourth-order valence-corrected chi connectivity index (χ4v) is 3.15. The lowest BCUT2D eigenvalue weighted by atomic mass is 10.0. The molecule has 5 heteroatoms. The number of aryl methyl sites for hydroxylation is 1. The monoisotopic (exact) mass is 378 g/mol. The molecule has 156 valence electrons.